The molecule has 1 fully saturated rings. The maximum Gasteiger partial charge on any atom is 0.221 e. The number of hydrogen-bond donors (Lipinski definition) is 2. The van der Waals surface area contributed by atoms with E-state index < -0.39 is 0 Å². The van der Waals surface area contributed by atoms with Crippen LogP contribution >= 0.6 is 0 Å². The van der Waals surface area contributed by atoms with E-state index in [9.17, 15) is 4.79 Å². The lowest BCUT2D eigenvalue weighted by Gasteiger charge is -2.18. The summed E-state index contributed by atoms with van der Waals surface area (Å²) in [5.41, 5.74) is 5.92. The zero-order valence-corrected chi connectivity index (χ0v) is 9.82. The van der Waals surface area contributed by atoms with Crippen molar-refractivity contribution >= 4 is 5.91 Å². The largest absolute Gasteiger partial charge is 0.356 e. The first kappa shape index (κ1) is 11.6. The Balaban J connectivity index is 1.61. The maximum atomic E-state index is 11.6. The first-order chi connectivity index (χ1) is 7.75. The molecule has 0 bridgehead atoms. The van der Waals surface area contributed by atoms with Crippen molar-refractivity contribution in [3.63, 3.8) is 0 Å². The van der Waals surface area contributed by atoms with Crippen molar-refractivity contribution in [3.05, 3.63) is 12.2 Å². The molecule has 0 aromatic heterocycles. The third kappa shape index (κ3) is 3.63. The first-order valence-electron chi connectivity index (χ1n) is 6.43. The van der Waals surface area contributed by atoms with Crippen LogP contribution in [0.15, 0.2) is 12.2 Å². The summed E-state index contributed by atoms with van der Waals surface area (Å²) < 4.78 is 0. The lowest BCUT2D eigenvalue weighted by atomic mass is 9.94. The molecule has 16 heavy (non-hydrogen) atoms. The van der Waals surface area contributed by atoms with Gasteiger partial charge in [-0.3, -0.25) is 4.79 Å². The predicted molar refractivity (Wildman–Crippen MR) is 64.8 cm³/mol. The maximum absolute atomic E-state index is 11.6. The number of amides is 1. The fourth-order valence-electron chi connectivity index (χ4n) is 2.28. The molecule has 2 atom stereocenters. The van der Waals surface area contributed by atoms with Crippen LogP contribution in [0.3, 0.4) is 0 Å². The highest BCUT2D eigenvalue weighted by molar-refractivity contribution is 5.76. The van der Waals surface area contributed by atoms with Gasteiger partial charge < -0.3 is 11.1 Å². The van der Waals surface area contributed by atoms with Crippen LogP contribution in [0, 0.1) is 11.8 Å². The Morgan fingerprint density at radius 2 is 2.19 bits per heavy atom. The van der Waals surface area contributed by atoms with Gasteiger partial charge >= 0.3 is 0 Å². The van der Waals surface area contributed by atoms with Gasteiger partial charge in [0.25, 0.3) is 0 Å². The molecule has 0 radical (unpaired) electrons. The van der Waals surface area contributed by atoms with E-state index in [0.29, 0.717) is 18.3 Å². The Bertz CT molecular complexity index is 271. The lowest BCUT2D eigenvalue weighted by Crippen LogP contribution is -2.35. The van der Waals surface area contributed by atoms with E-state index in [1.165, 1.54) is 19.3 Å². The van der Waals surface area contributed by atoms with Crippen molar-refractivity contribution in [2.75, 3.05) is 6.54 Å². The minimum atomic E-state index is 0.0891. The summed E-state index contributed by atoms with van der Waals surface area (Å²) in [6, 6.07) is 0.0891. The van der Waals surface area contributed by atoms with Gasteiger partial charge in [0.15, 0.2) is 0 Å². The molecule has 1 saturated carbocycles. The number of hydrogen-bond acceptors (Lipinski definition) is 2. The average molecular weight is 222 g/mol. The van der Waals surface area contributed by atoms with Gasteiger partial charge in [-0.15, -0.1) is 0 Å². The molecule has 3 N–H and O–H groups in total. The van der Waals surface area contributed by atoms with Gasteiger partial charge in [0, 0.05) is 19.0 Å². The molecule has 3 nitrogen and oxygen atoms in total. The Labute approximate surface area is 97.5 Å². The third-order valence-electron chi connectivity index (χ3n) is 3.61. The first-order valence-corrected chi connectivity index (χ1v) is 6.43. The van der Waals surface area contributed by atoms with E-state index in [1.54, 1.807) is 0 Å². The molecule has 2 aliphatic rings. The Morgan fingerprint density at radius 1 is 1.38 bits per heavy atom. The molecule has 0 aromatic carbocycles. The van der Waals surface area contributed by atoms with Crippen molar-refractivity contribution in [1.82, 2.24) is 5.32 Å². The minimum absolute atomic E-state index is 0.0891. The van der Waals surface area contributed by atoms with Gasteiger partial charge in [0.05, 0.1) is 0 Å². The zero-order chi connectivity index (χ0) is 11.4. The summed E-state index contributed by atoms with van der Waals surface area (Å²) in [5, 5.41) is 3.01. The molecule has 1 amide bonds. The number of allylic oxidation sites excluding steroid dienone is 2. The van der Waals surface area contributed by atoms with E-state index in [1.807, 2.05) is 0 Å². The van der Waals surface area contributed by atoms with E-state index >= 15 is 0 Å². The van der Waals surface area contributed by atoms with Crippen LogP contribution in [-0.2, 0) is 4.79 Å². The SMILES string of the molecule is NC(CC(=O)NCC1CC=CCC1)C1CC1. The quantitative estimate of drug-likeness (QED) is 0.694. The number of nitrogens with two attached hydrogens (primary N) is 1. The van der Waals surface area contributed by atoms with E-state index in [2.05, 4.69) is 17.5 Å². The van der Waals surface area contributed by atoms with Crippen molar-refractivity contribution in [1.29, 1.82) is 0 Å². The molecule has 0 saturated heterocycles. The summed E-state index contributed by atoms with van der Waals surface area (Å²) in [6.45, 7) is 0.820. The van der Waals surface area contributed by atoms with Crippen LogP contribution < -0.4 is 11.1 Å². The fraction of sp³-hybridized carbons (Fsp3) is 0.769. The standard InChI is InChI=1S/C13H22N2O/c14-12(11-6-7-11)8-13(16)15-9-10-4-2-1-3-5-10/h1-2,10-12H,3-9,14H2,(H,15,16). The summed E-state index contributed by atoms with van der Waals surface area (Å²) in [5.74, 6) is 1.38. The average Bonchev–Trinajstić information content (AvgIpc) is 3.11. The second-order valence-electron chi connectivity index (χ2n) is 5.16. The number of carbonyl (C=O) groups is 1. The van der Waals surface area contributed by atoms with Gasteiger partial charge in [0.1, 0.15) is 0 Å². The molecule has 0 heterocycles. The second-order valence-corrected chi connectivity index (χ2v) is 5.16. The summed E-state index contributed by atoms with van der Waals surface area (Å²) >= 11 is 0. The van der Waals surface area contributed by atoms with Crippen LogP contribution in [0.5, 0.6) is 0 Å². The van der Waals surface area contributed by atoms with Crippen LogP contribution in [-0.4, -0.2) is 18.5 Å². The molecule has 0 aliphatic heterocycles. The molecule has 0 aromatic rings. The van der Waals surface area contributed by atoms with Crippen LogP contribution in [0.4, 0.5) is 0 Å². The van der Waals surface area contributed by atoms with Gasteiger partial charge in [-0.1, -0.05) is 12.2 Å². The second kappa shape index (κ2) is 5.48. The van der Waals surface area contributed by atoms with Gasteiger partial charge in [0.2, 0.25) is 5.91 Å². The molecule has 90 valence electrons. The fourth-order valence-corrected chi connectivity index (χ4v) is 2.28. The normalized spacial score (nSPS) is 26.4. The third-order valence-corrected chi connectivity index (χ3v) is 3.61. The predicted octanol–water partition coefficient (Wildman–Crippen LogP) is 1.59. The van der Waals surface area contributed by atoms with Crippen LogP contribution in [0.25, 0.3) is 0 Å². The highest BCUT2D eigenvalue weighted by Crippen LogP contribution is 2.32. The number of nitrogens with one attached hydrogen (secondary N) is 1. The molecule has 2 aliphatic carbocycles. The van der Waals surface area contributed by atoms with Crippen LogP contribution in [0.1, 0.15) is 38.5 Å². The summed E-state index contributed by atoms with van der Waals surface area (Å²) in [6.07, 6.45) is 10.8. The molecular formula is C13H22N2O. The minimum Gasteiger partial charge on any atom is -0.356 e. The summed E-state index contributed by atoms with van der Waals surface area (Å²) in [7, 11) is 0. The number of carbonyl (C=O) groups excluding carboxylic acids is 1. The van der Waals surface area contributed by atoms with Gasteiger partial charge in [-0.05, 0) is 43.9 Å². The highest BCUT2D eigenvalue weighted by Gasteiger charge is 2.29. The molecule has 0 spiro atoms. The summed E-state index contributed by atoms with van der Waals surface area (Å²) in [4.78, 5) is 11.6. The topological polar surface area (TPSA) is 55.1 Å². The van der Waals surface area contributed by atoms with E-state index in [-0.39, 0.29) is 11.9 Å². The lowest BCUT2D eigenvalue weighted by molar-refractivity contribution is -0.121. The Hall–Kier alpha value is -0.830. The highest BCUT2D eigenvalue weighted by atomic mass is 16.1. The van der Waals surface area contributed by atoms with Crippen molar-refractivity contribution < 1.29 is 4.79 Å². The number of rotatable bonds is 5. The van der Waals surface area contributed by atoms with Crippen LogP contribution in [0.2, 0.25) is 0 Å². The molecular weight excluding hydrogens is 200 g/mol. The van der Waals surface area contributed by atoms with Crippen molar-refractivity contribution in [3.8, 4) is 0 Å². The monoisotopic (exact) mass is 222 g/mol. The Kier molecular flexibility index (Phi) is 3.99. The molecule has 2 unspecified atom stereocenters. The smallest absolute Gasteiger partial charge is 0.221 e. The molecule has 2 rings (SSSR count). The molecule has 3 heteroatoms. The van der Waals surface area contributed by atoms with Gasteiger partial charge in [-0.25, -0.2) is 0 Å². The zero-order valence-electron chi connectivity index (χ0n) is 9.82. The van der Waals surface area contributed by atoms with E-state index in [4.69, 9.17) is 5.73 Å². The van der Waals surface area contributed by atoms with E-state index in [0.717, 1.165) is 19.4 Å². The van der Waals surface area contributed by atoms with Crippen molar-refractivity contribution in [2.24, 2.45) is 17.6 Å². The Morgan fingerprint density at radius 3 is 2.81 bits per heavy atom. The van der Waals surface area contributed by atoms with Gasteiger partial charge in [-0.2, -0.15) is 0 Å². The van der Waals surface area contributed by atoms with Crippen molar-refractivity contribution in [2.45, 2.75) is 44.6 Å².